The van der Waals surface area contributed by atoms with E-state index < -0.39 is 0 Å². The standard InChI is InChI=1S/C19H30N2/c1-3-10-19(11-4-2)14-21(15-19)18-7-5-6-16(12-18)13-20-17-8-9-17/h5-7,12,17,20H,3-4,8-11,13-15H2,1-2H3. The van der Waals surface area contributed by atoms with Crippen molar-refractivity contribution in [2.24, 2.45) is 5.41 Å². The summed E-state index contributed by atoms with van der Waals surface area (Å²) in [5.74, 6) is 0. The fourth-order valence-corrected chi connectivity index (χ4v) is 3.86. The first-order valence-corrected chi connectivity index (χ1v) is 8.82. The predicted molar refractivity (Wildman–Crippen MR) is 90.8 cm³/mol. The first-order chi connectivity index (χ1) is 10.2. The van der Waals surface area contributed by atoms with Crippen molar-refractivity contribution >= 4 is 5.69 Å². The zero-order valence-electron chi connectivity index (χ0n) is 13.7. The first-order valence-electron chi connectivity index (χ1n) is 8.82. The van der Waals surface area contributed by atoms with Crippen LogP contribution in [0.15, 0.2) is 24.3 Å². The van der Waals surface area contributed by atoms with Gasteiger partial charge in [0.2, 0.25) is 0 Å². The molecule has 0 aromatic heterocycles. The van der Waals surface area contributed by atoms with E-state index in [0.717, 1.165) is 12.6 Å². The summed E-state index contributed by atoms with van der Waals surface area (Å²) in [5.41, 5.74) is 3.46. The molecule has 1 saturated heterocycles. The van der Waals surface area contributed by atoms with Crippen molar-refractivity contribution in [1.82, 2.24) is 5.32 Å². The number of rotatable bonds is 8. The van der Waals surface area contributed by atoms with Crippen LogP contribution in [0.5, 0.6) is 0 Å². The van der Waals surface area contributed by atoms with Crippen LogP contribution >= 0.6 is 0 Å². The van der Waals surface area contributed by atoms with Crippen molar-refractivity contribution in [1.29, 1.82) is 0 Å². The van der Waals surface area contributed by atoms with Gasteiger partial charge in [-0.1, -0.05) is 38.8 Å². The predicted octanol–water partition coefficient (Wildman–Crippen LogP) is 4.35. The maximum Gasteiger partial charge on any atom is 0.0369 e. The number of hydrogen-bond donors (Lipinski definition) is 1. The van der Waals surface area contributed by atoms with Gasteiger partial charge >= 0.3 is 0 Å². The molecule has 0 amide bonds. The summed E-state index contributed by atoms with van der Waals surface area (Å²) >= 11 is 0. The largest absolute Gasteiger partial charge is 0.370 e. The number of nitrogens with one attached hydrogen (secondary N) is 1. The maximum absolute atomic E-state index is 3.61. The second-order valence-corrected chi connectivity index (χ2v) is 7.18. The summed E-state index contributed by atoms with van der Waals surface area (Å²) in [6, 6.07) is 9.93. The van der Waals surface area contributed by atoms with E-state index in [9.17, 15) is 0 Å². The molecule has 2 aliphatic rings. The highest BCUT2D eigenvalue weighted by Gasteiger charge is 2.41. The molecule has 21 heavy (non-hydrogen) atoms. The average molecular weight is 286 g/mol. The van der Waals surface area contributed by atoms with E-state index in [4.69, 9.17) is 0 Å². The van der Waals surface area contributed by atoms with Gasteiger partial charge in [0.05, 0.1) is 0 Å². The van der Waals surface area contributed by atoms with Gasteiger partial charge < -0.3 is 10.2 Å². The lowest BCUT2D eigenvalue weighted by Gasteiger charge is -2.52. The molecule has 0 unspecified atom stereocenters. The monoisotopic (exact) mass is 286 g/mol. The van der Waals surface area contributed by atoms with Crippen LogP contribution in [0.25, 0.3) is 0 Å². The van der Waals surface area contributed by atoms with Crippen molar-refractivity contribution < 1.29 is 0 Å². The van der Waals surface area contributed by atoms with Crippen molar-refractivity contribution in [2.45, 2.75) is 65.0 Å². The van der Waals surface area contributed by atoms with E-state index in [1.807, 2.05) is 0 Å². The summed E-state index contributed by atoms with van der Waals surface area (Å²) in [6.45, 7) is 8.19. The third kappa shape index (κ3) is 3.60. The van der Waals surface area contributed by atoms with Crippen molar-refractivity contribution in [3.63, 3.8) is 0 Å². The quantitative estimate of drug-likeness (QED) is 0.764. The molecule has 1 saturated carbocycles. The number of nitrogens with zero attached hydrogens (tertiary/aromatic N) is 1. The molecule has 2 nitrogen and oxygen atoms in total. The van der Waals surface area contributed by atoms with Gasteiger partial charge in [-0.2, -0.15) is 0 Å². The zero-order valence-corrected chi connectivity index (χ0v) is 13.7. The minimum absolute atomic E-state index is 0.603. The summed E-state index contributed by atoms with van der Waals surface area (Å²) in [7, 11) is 0. The molecule has 2 fully saturated rings. The molecular formula is C19H30N2. The molecule has 0 radical (unpaired) electrons. The van der Waals surface area contributed by atoms with Crippen molar-refractivity contribution in [2.75, 3.05) is 18.0 Å². The third-order valence-electron chi connectivity index (χ3n) is 5.06. The molecule has 1 heterocycles. The summed E-state index contributed by atoms with van der Waals surface area (Å²) in [4.78, 5) is 2.58. The number of benzene rings is 1. The summed E-state index contributed by atoms with van der Waals surface area (Å²) in [6.07, 6.45) is 8.14. The van der Waals surface area contributed by atoms with Gasteiger partial charge in [0.15, 0.2) is 0 Å². The Bertz CT molecular complexity index is 450. The Morgan fingerprint density at radius 1 is 1.14 bits per heavy atom. The second-order valence-electron chi connectivity index (χ2n) is 7.18. The lowest BCUT2D eigenvalue weighted by Crippen LogP contribution is -2.56. The fourth-order valence-electron chi connectivity index (χ4n) is 3.86. The molecule has 1 aliphatic heterocycles. The van der Waals surface area contributed by atoms with E-state index in [1.54, 1.807) is 0 Å². The van der Waals surface area contributed by atoms with Gasteiger partial charge in [0, 0.05) is 36.8 Å². The normalized spacial score (nSPS) is 20.4. The molecule has 0 spiro atoms. The van der Waals surface area contributed by atoms with Crippen LogP contribution in [-0.4, -0.2) is 19.1 Å². The van der Waals surface area contributed by atoms with Crippen LogP contribution in [0.1, 0.15) is 57.9 Å². The first kappa shape index (κ1) is 14.9. The molecule has 1 aliphatic carbocycles. The lowest BCUT2D eigenvalue weighted by atomic mass is 9.72. The Labute approximate surface area is 129 Å². The minimum atomic E-state index is 0.603. The molecule has 3 rings (SSSR count). The smallest absolute Gasteiger partial charge is 0.0369 e. The van der Waals surface area contributed by atoms with Crippen LogP contribution in [0.2, 0.25) is 0 Å². The van der Waals surface area contributed by atoms with E-state index in [2.05, 4.69) is 48.3 Å². The number of hydrogen-bond acceptors (Lipinski definition) is 2. The van der Waals surface area contributed by atoms with Crippen LogP contribution in [0.4, 0.5) is 5.69 Å². The average Bonchev–Trinajstić information content (AvgIpc) is 3.27. The zero-order chi connectivity index (χ0) is 14.7. The van der Waals surface area contributed by atoms with Crippen LogP contribution in [-0.2, 0) is 6.54 Å². The van der Waals surface area contributed by atoms with Gasteiger partial charge in [-0.15, -0.1) is 0 Å². The Morgan fingerprint density at radius 2 is 1.86 bits per heavy atom. The molecular weight excluding hydrogens is 256 g/mol. The van der Waals surface area contributed by atoms with Crippen molar-refractivity contribution in [3.05, 3.63) is 29.8 Å². The van der Waals surface area contributed by atoms with E-state index >= 15 is 0 Å². The molecule has 1 aromatic carbocycles. The Hall–Kier alpha value is -1.02. The Balaban J connectivity index is 1.58. The van der Waals surface area contributed by atoms with E-state index in [-0.39, 0.29) is 0 Å². The van der Waals surface area contributed by atoms with Gasteiger partial charge in [0.1, 0.15) is 0 Å². The van der Waals surface area contributed by atoms with E-state index in [1.165, 1.54) is 62.9 Å². The van der Waals surface area contributed by atoms with Crippen LogP contribution in [0.3, 0.4) is 0 Å². The molecule has 0 atom stereocenters. The minimum Gasteiger partial charge on any atom is -0.370 e. The van der Waals surface area contributed by atoms with Gasteiger partial charge in [-0.3, -0.25) is 0 Å². The highest BCUT2D eigenvalue weighted by Crippen LogP contribution is 2.42. The van der Waals surface area contributed by atoms with Gasteiger partial charge in [-0.05, 0) is 43.4 Å². The van der Waals surface area contributed by atoms with E-state index in [0.29, 0.717) is 5.41 Å². The summed E-state index contributed by atoms with van der Waals surface area (Å²) in [5, 5.41) is 3.61. The molecule has 1 N–H and O–H groups in total. The van der Waals surface area contributed by atoms with Crippen LogP contribution in [0, 0.1) is 5.41 Å². The molecule has 0 bridgehead atoms. The SMILES string of the molecule is CCCC1(CCC)CN(c2cccc(CNC3CC3)c2)C1. The Kier molecular flexibility index (Phi) is 4.54. The highest BCUT2D eigenvalue weighted by molar-refractivity contribution is 5.51. The molecule has 1 aromatic rings. The third-order valence-corrected chi connectivity index (χ3v) is 5.06. The lowest BCUT2D eigenvalue weighted by molar-refractivity contribution is 0.173. The van der Waals surface area contributed by atoms with Crippen LogP contribution < -0.4 is 10.2 Å². The second kappa shape index (κ2) is 6.39. The van der Waals surface area contributed by atoms with Gasteiger partial charge in [0.25, 0.3) is 0 Å². The highest BCUT2D eigenvalue weighted by atomic mass is 15.2. The summed E-state index contributed by atoms with van der Waals surface area (Å²) < 4.78 is 0. The topological polar surface area (TPSA) is 15.3 Å². The molecule has 116 valence electrons. The number of anilines is 1. The van der Waals surface area contributed by atoms with Gasteiger partial charge in [-0.25, -0.2) is 0 Å². The maximum atomic E-state index is 3.61. The fraction of sp³-hybridized carbons (Fsp3) is 0.684. The Morgan fingerprint density at radius 3 is 2.48 bits per heavy atom. The molecule has 2 heteroatoms. The van der Waals surface area contributed by atoms with Crippen molar-refractivity contribution in [3.8, 4) is 0 Å².